The number of carbonyl (C=O) groups is 1. The average Bonchev–Trinajstić information content (AvgIpc) is 2.67. The zero-order chi connectivity index (χ0) is 15.6. The molecule has 5 heteroatoms. The van der Waals surface area contributed by atoms with Crippen LogP contribution in [0.5, 0.6) is 0 Å². The van der Waals surface area contributed by atoms with Crippen LogP contribution in [0.4, 0.5) is 0 Å². The van der Waals surface area contributed by atoms with Crippen molar-refractivity contribution in [1.29, 1.82) is 0 Å². The van der Waals surface area contributed by atoms with Gasteiger partial charge in [-0.1, -0.05) is 26.8 Å². The Morgan fingerprint density at radius 2 is 2.10 bits per heavy atom. The van der Waals surface area contributed by atoms with E-state index in [1.165, 1.54) is 15.9 Å². The van der Waals surface area contributed by atoms with Crippen molar-refractivity contribution in [1.82, 2.24) is 9.55 Å². The van der Waals surface area contributed by atoms with Gasteiger partial charge < -0.3 is 4.57 Å². The van der Waals surface area contributed by atoms with Crippen molar-refractivity contribution in [3.8, 4) is 0 Å². The van der Waals surface area contributed by atoms with Crippen LogP contribution in [-0.2, 0) is 11.8 Å². The summed E-state index contributed by atoms with van der Waals surface area (Å²) in [5.41, 5.74) is 0.315. The molecule has 21 heavy (non-hydrogen) atoms. The van der Waals surface area contributed by atoms with E-state index >= 15 is 0 Å². The molecule has 0 spiro atoms. The van der Waals surface area contributed by atoms with Crippen LogP contribution in [0, 0.1) is 5.41 Å². The number of thiazole rings is 1. The summed E-state index contributed by atoms with van der Waals surface area (Å²) in [6.07, 6.45) is 6.72. The first-order valence-corrected chi connectivity index (χ1v) is 7.44. The number of rotatable bonds is 2. The fourth-order valence-electron chi connectivity index (χ4n) is 1.65. The molecule has 110 valence electrons. The second kappa shape index (κ2) is 5.77. The van der Waals surface area contributed by atoms with Crippen LogP contribution in [0.3, 0.4) is 0 Å². The lowest BCUT2D eigenvalue weighted by atomic mass is 9.91. The minimum absolute atomic E-state index is 0.00674. The lowest BCUT2D eigenvalue weighted by Gasteiger charge is -2.12. The number of carbonyl (C=O) groups excluding carboxylic acids is 1. The molecule has 0 bridgehead atoms. The maximum absolute atomic E-state index is 12.2. The van der Waals surface area contributed by atoms with Gasteiger partial charge in [-0.05, 0) is 17.7 Å². The van der Waals surface area contributed by atoms with Crippen molar-refractivity contribution >= 4 is 29.3 Å². The summed E-state index contributed by atoms with van der Waals surface area (Å²) in [5.74, 6) is 0.00674. The highest BCUT2D eigenvalue weighted by atomic mass is 32.1. The minimum atomic E-state index is -0.451. The SMILES string of the molecule is Cn1c(=O)/c(=C\c2cccnc2)s/c1=C\C(=O)C(C)(C)C. The first-order chi connectivity index (χ1) is 9.79. The molecule has 2 rings (SSSR count). The zero-order valence-corrected chi connectivity index (χ0v) is 13.4. The van der Waals surface area contributed by atoms with E-state index in [1.54, 1.807) is 31.6 Å². The number of nitrogens with zero attached hydrogens (tertiary/aromatic N) is 2. The molecule has 0 aliphatic carbocycles. The number of pyridine rings is 1. The fraction of sp³-hybridized carbons (Fsp3) is 0.312. The Hall–Kier alpha value is -2.01. The molecule has 4 nitrogen and oxygen atoms in total. The summed E-state index contributed by atoms with van der Waals surface area (Å²) in [7, 11) is 1.68. The molecule has 0 amide bonds. The van der Waals surface area contributed by atoms with Crippen molar-refractivity contribution in [2.75, 3.05) is 0 Å². The van der Waals surface area contributed by atoms with E-state index in [1.807, 2.05) is 32.9 Å². The lowest BCUT2D eigenvalue weighted by molar-refractivity contribution is -0.120. The molecule has 0 aliphatic rings. The van der Waals surface area contributed by atoms with Crippen LogP contribution in [0.25, 0.3) is 12.2 Å². The monoisotopic (exact) mass is 302 g/mol. The van der Waals surface area contributed by atoms with Gasteiger partial charge in [-0.25, -0.2) is 0 Å². The summed E-state index contributed by atoms with van der Waals surface area (Å²) in [6, 6.07) is 3.70. The first kappa shape index (κ1) is 15.4. The topological polar surface area (TPSA) is 52.0 Å². The number of ketones is 1. The Morgan fingerprint density at radius 3 is 2.67 bits per heavy atom. The molecule has 0 atom stereocenters. The zero-order valence-electron chi connectivity index (χ0n) is 12.6. The van der Waals surface area contributed by atoms with Crippen LogP contribution < -0.4 is 14.8 Å². The van der Waals surface area contributed by atoms with E-state index < -0.39 is 5.41 Å². The minimum Gasteiger partial charge on any atom is -0.302 e. The number of hydrogen-bond donors (Lipinski definition) is 0. The van der Waals surface area contributed by atoms with Crippen LogP contribution in [0.1, 0.15) is 26.3 Å². The molecule has 2 heterocycles. The van der Waals surface area contributed by atoms with Gasteiger partial charge in [0, 0.05) is 30.9 Å². The van der Waals surface area contributed by atoms with Gasteiger partial charge in [0.1, 0.15) is 4.66 Å². The van der Waals surface area contributed by atoms with E-state index in [4.69, 9.17) is 0 Å². The number of hydrogen-bond acceptors (Lipinski definition) is 4. The second-order valence-corrected chi connectivity index (χ2v) is 6.92. The van der Waals surface area contributed by atoms with Crippen LogP contribution >= 0.6 is 11.3 Å². The van der Waals surface area contributed by atoms with Crippen molar-refractivity contribution in [3.05, 3.63) is 49.6 Å². The maximum atomic E-state index is 12.2. The van der Waals surface area contributed by atoms with Crippen LogP contribution in [0.15, 0.2) is 29.3 Å². The summed E-state index contributed by atoms with van der Waals surface area (Å²) in [4.78, 5) is 28.3. The van der Waals surface area contributed by atoms with E-state index in [0.29, 0.717) is 9.20 Å². The molecule has 0 aromatic carbocycles. The van der Waals surface area contributed by atoms with Gasteiger partial charge in [-0.2, -0.15) is 0 Å². The third-order valence-corrected chi connectivity index (χ3v) is 4.15. The van der Waals surface area contributed by atoms with E-state index in [-0.39, 0.29) is 11.3 Å². The predicted octanol–water partition coefficient (Wildman–Crippen LogP) is 1.07. The lowest BCUT2D eigenvalue weighted by Crippen LogP contribution is -2.30. The van der Waals surface area contributed by atoms with Gasteiger partial charge in [0.2, 0.25) is 0 Å². The summed E-state index contributed by atoms with van der Waals surface area (Å²) >= 11 is 1.32. The predicted molar refractivity (Wildman–Crippen MR) is 85.5 cm³/mol. The molecular formula is C16H18N2O2S. The van der Waals surface area contributed by atoms with Crippen molar-refractivity contribution in [2.24, 2.45) is 12.5 Å². The molecule has 0 N–H and O–H groups in total. The molecule has 0 radical (unpaired) electrons. The van der Waals surface area contributed by atoms with Crippen molar-refractivity contribution in [3.63, 3.8) is 0 Å². The Bertz CT molecular complexity index is 824. The van der Waals surface area contributed by atoms with Gasteiger partial charge in [0.05, 0.1) is 4.53 Å². The molecule has 0 unspecified atom stereocenters. The van der Waals surface area contributed by atoms with E-state index in [2.05, 4.69) is 4.98 Å². The van der Waals surface area contributed by atoms with Gasteiger partial charge in [0.25, 0.3) is 5.56 Å². The molecule has 2 aromatic rings. The van der Waals surface area contributed by atoms with Crippen molar-refractivity contribution < 1.29 is 4.79 Å². The molecule has 0 saturated carbocycles. The Balaban J connectivity index is 2.58. The molecular weight excluding hydrogens is 284 g/mol. The van der Waals surface area contributed by atoms with Crippen LogP contribution in [-0.4, -0.2) is 15.3 Å². The summed E-state index contributed by atoms with van der Waals surface area (Å²) in [6.45, 7) is 5.58. The highest BCUT2D eigenvalue weighted by molar-refractivity contribution is 7.07. The van der Waals surface area contributed by atoms with Gasteiger partial charge in [-0.15, -0.1) is 11.3 Å². The third kappa shape index (κ3) is 3.55. The Morgan fingerprint density at radius 1 is 1.38 bits per heavy atom. The second-order valence-electron chi connectivity index (χ2n) is 5.86. The quantitative estimate of drug-likeness (QED) is 0.834. The molecule has 0 aliphatic heterocycles. The van der Waals surface area contributed by atoms with Crippen molar-refractivity contribution in [2.45, 2.75) is 20.8 Å². The first-order valence-electron chi connectivity index (χ1n) is 6.63. The van der Waals surface area contributed by atoms with Gasteiger partial charge >= 0.3 is 0 Å². The summed E-state index contributed by atoms with van der Waals surface area (Å²) in [5, 5.41) is 0. The van der Waals surface area contributed by atoms with Crippen LogP contribution in [0.2, 0.25) is 0 Å². The van der Waals surface area contributed by atoms with E-state index in [9.17, 15) is 9.59 Å². The highest BCUT2D eigenvalue weighted by Gasteiger charge is 2.19. The molecule has 0 saturated heterocycles. The van der Waals surface area contributed by atoms with Gasteiger partial charge in [0.15, 0.2) is 5.78 Å². The normalized spacial score (nSPS) is 13.7. The smallest absolute Gasteiger partial charge is 0.268 e. The Labute approximate surface area is 127 Å². The molecule has 0 fully saturated rings. The van der Waals surface area contributed by atoms with E-state index in [0.717, 1.165) is 5.56 Å². The average molecular weight is 302 g/mol. The highest BCUT2D eigenvalue weighted by Crippen LogP contribution is 2.14. The number of Topliss-reactive ketones (excluding diaryl/α,β-unsaturated/α-hetero) is 1. The van der Waals surface area contributed by atoms with Gasteiger partial charge in [-0.3, -0.25) is 14.6 Å². The maximum Gasteiger partial charge on any atom is 0.268 e. The third-order valence-electron chi connectivity index (χ3n) is 3.04. The number of aromatic nitrogens is 2. The standard InChI is InChI=1S/C16H18N2O2S/c1-16(2,3)13(19)9-14-18(4)15(20)12(21-14)8-11-6-5-7-17-10-11/h5-10H,1-4H3/b12-8+,14-9-. The largest absolute Gasteiger partial charge is 0.302 e. The Kier molecular flexibility index (Phi) is 4.23. The molecule has 2 aromatic heterocycles. The summed E-state index contributed by atoms with van der Waals surface area (Å²) < 4.78 is 2.77. The fourth-order valence-corrected chi connectivity index (χ4v) is 2.68.